The van der Waals surface area contributed by atoms with E-state index in [4.69, 9.17) is 0 Å². The summed E-state index contributed by atoms with van der Waals surface area (Å²) in [5.41, 5.74) is 17.7. The van der Waals surface area contributed by atoms with Gasteiger partial charge in [-0.2, -0.15) is 0 Å². The number of hydrogen-bond donors (Lipinski definition) is 0. The third-order valence-electron chi connectivity index (χ3n) is 10.6. The summed E-state index contributed by atoms with van der Waals surface area (Å²) < 4.78 is 2.38. The Morgan fingerprint density at radius 2 is 0.575 bits per heavy atom. The molecule has 4 aromatic rings. The van der Waals surface area contributed by atoms with Crippen LogP contribution in [0.25, 0.3) is 22.3 Å². The standard InChI is InChI=1S/C36H32Br2S2/c1-33(2)21-9-17(37)10-22-29(21)31-25(33)13-19(14-26(31)34(22,3)4)39-40-20-15-27-32-28(16-20)36(7,8)24-12-18(38)11-23(30(24)32)35(27,5)6/h9-16H,1-8H3. The zero-order chi connectivity index (χ0) is 28.3. The predicted octanol–water partition coefficient (Wildman–Crippen LogP) is 11.9. The van der Waals surface area contributed by atoms with Gasteiger partial charge >= 0.3 is 0 Å². The molecular formula is C36H32Br2S2. The summed E-state index contributed by atoms with van der Waals surface area (Å²) >= 11 is 7.64. The molecule has 0 unspecified atom stereocenters. The van der Waals surface area contributed by atoms with Gasteiger partial charge in [-0.15, -0.1) is 0 Å². The lowest BCUT2D eigenvalue weighted by atomic mass is 9.75. The van der Waals surface area contributed by atoms with Crippen LogP contribution in [0.1, 0.15) is 99.9 Å². The maximum Gasteiger partial charge on any atom is 0.0192 e. The Bertz CT molecular complexity index is 1620. The summed E-state index contributed by atoms with van der Waals surface area (Å²) in [7, 11) is 3.85. The van der Waals surface area contributed by atoms with Crippen LogP contribution in [-0.4, -0.2) is 0 Å². The first kappa shape index (κ1) is 26.2. The molecule has 0 aromatic heterocycles. The first-order valence-electron chi connectivity index (χ1n) is 14.1. The van der Waals surface area contributed by atoms with Gasteiger partial charge in [0.25, 0.3) is 0 Å². The fourth-order valence-corrected chi connectivity index (χ4v) is 11.2. The van der Waals surface area contributed by atoms with E-state index in [0.29, 0.717) is 0 Å². The molecule has 0 saturated carbocycles. The minimum absolute atomic E-state index is 0.0000178. The molecule has 0 amide bonds. The van der Waals surface area contributed by atoms with Gasteiger partial charge < -0.3 is 0 Å². The fraction of sp³-hybridized carbons (Fsp3) is 0.333. The minimum Gasteiger partial charge on any atom is -0.0525 e. The quantitative estimate of drug-likeness (QED) is 0.197. The summed E-state index contributed by atoms with van der Waals surface area (Å²) in [6.45, 7) is 19.2. The van der Waals surface area contributed by atoms with Gasteiger partial charge in [-0.3, -0.25) is 0 Å². The molecule has 0 radical (unpaired) electrons. The number of benzene rings is 4. The van der Waals surface area contributed by atoms with Crippen molar-refractivity contribution in [3.8, 4) is 22.3 Å². The first-order chi connectivity index (χ1) is 18.6. The van der Waals surface area contributed by atoms with Crippen molar-refractivity contribution in [1.29, 1.82) is 0 Å². The third-order valence-corrected chi connectivity index (χ3v) is 13.8. The van der Waals surface area contributed by atoms with E-state index in [2.05, 4.69) is 136 Å². The lowest BCUT2D eigenvalue weighted by molar-refractivity contribution is 0.626. The molecule has 8 rings (SSSR count). The summed E-state index contributed by atoms with van der Waals surface area (Å²) in [5.74, 6) is 0. The SMILES string of the molecule is CC1(C)c2cc(Br)cc3c2-c2c1cc(SSc1cc4c5c(c1)C(C)(C)c1cc(Br)cc(c1-5)C4(C)C)cc2C3(C)C. The van der Waals surface area contributed by atoms with Gasteiger partial charge in [0.15, 0.2) is 0 Å². The van der Waals surface area contributed by atoms with E-state index >= 15 is 0 Å². The fourth-order valence-electron chi connectivity index (χ4n) is 8.24. The topological polar surface area (TPSA) is 0 Å². The van der Waals surface area contributed by atoms with Crippen LogP contribution in [0.3, 0.4) is 0 Å². The van der Waals surface area contributed by atoms with Crippen molar-refractivity contribution < 1.29 is 0 Å². The minimum atomic E-state index is -0.0000178. The largest absolute Gasteiger partial charge is 0.0525 e. The Morgan fingerprint density at radius 1 is 0.375 bits per heavy atom. The van der Waals surface area contributed by atoms with Crippen molar-refractivity contribution in [2.24, 2.45) is 0 Å². The lowest BCUT2D eigenvalue weighted by Gasteiger charge is -2.30. The van der Waals surface area contributed by atoms with Crippen molar-refractivity contribution in [2.45, 2.75) is 86.8 Å². The summed E-state index contributed by atoms with van der Waals surface area (Å²) in [5, 5.41) is 0. The monoisotopic (exact) mass is 686 g/mol. The second-order valence-electron chi connectivity index (χ2n) is 14.2. The maximum atomic E-state index is 3.82. The van der Waals surface area contributed by atoms with Gasteiger partial charge in [-0.1, -0.05) is 109 Å². The molecule has 202 valence electrons. The van der Waals surface area contributed by atoms with E-state index in [1.54, 1.807) is 0 Å². The zero-order valence-corrected chi connectivity index (χ0v) is 29.0. The number of hydrogen-bond acceptors (Lipinski definition) is 2. The Kier molecular flexibility index (Phi) is 5.06. The molecule has 0 atom stereocenters. The van der Waals surface area contributed by atoms with Crippen molar-refractivity contribution in [2.75, 3.05) is 0 Å². The Morgan fingerprint density at radius 3 is 0.800 bits per heavy atom. The first-order valence-corrected chi connectivity index (χ1v) is 17.8. The molecule has 0 aliphatic heterocycles. The van der Waals surface area contributed by atoms with Crippen LogP contribution in [0.2, 0.25) is 0 Å². The van der Waals surface area contributed by atoms with E-state index in [1.165, 1.54) is 85.5 Å². The van der Waals surface area contributed by atoms with Gasteiger partial charge in [0.1, 0.15) is 0 Å². The average molecular weight is 689 g/mol. The Labute approximate surface area is 262 Å². The second kappa shape index (κ2) is 7.73. The van der Waals surface area contributed by atoms with Gasteiger partial charge in [0.05, 0.1) is 0 Å². The number of rotatable bonds is 3. The van der Waals surface area contributed by atoms with Crippen LogP contribution >= 0.6 is 53.4 Å². The third kappa shape index (κ3) is 3.02. The summed E-state index contributed by atoms with van der Waals surface area (Å²) in [4.78, 5) is 2.71. The molecule has 4 aromatic carbocycles. The normalized spacial score (nSPS) is 19.8. The molecular weight excluding hydrogens is 656 g/mol. The van der Waals surface area contributed by atoms with Crippen LogP contribution in [0.4, 0.5) is 0 Å². The maximum absolute atomic E-state index is 3.82. The van der Waals surface area contributed by atoms with Crippen LogP contribution in [0.5, 0.6) is 0 Å². The van der Waals surface area contributed by atoms with Crippen molar-refractivity contribution >= 4 is 53.4 Å². The molecule has 4 aliphatic rings. The highest BCUT2D eigenvalue weighted by Crippen LogP contribution is 2.64. The van der Waals surface area contributed by atoms with E-state index in [0.717, 1.165) is 0 Å². The Hall–Kier alpha value is -1.46. The van der Waals surface area contributed by atoms with Crippen molar-refractivity contribution in [3.63, 3.8) is 0 Å². The highest BCUT2D eigenvalue weighted by atomic mass is 79.9. The predicted molar refractivity (Wildman–Crippen MR) is 179 cm³/mol. The van der Waals surface area contributed by atoms with Gasteiger partial charge in [0, 0.05) is 40.4 Å². The highest BCUT2D eigenvalue weighted by Gasteiger charge is 2.49. The molecule has 0 N–H and O–H groups in total. The average Bonchev–Trinajstić information content (AvgIpc) is 3.43. The van der Waals surface area contributed by atoms with E-state index < -0.39 is 0 Å². The Balaban J connectivity index is 1.21. The molecule has 0 nitrogen and oxygen atoms in total. The highest BCUT2D eigenvalue weighted by molar-refractivity contribution is 9.10. The second-order valence-corrected chi connectivity index (χ2v) is 18.3. The van der Waals surface area contributed by atoms with Gasteiger partial charge in [-0.25, -0.2) is 0 Å². The van der Waals surface area contributed by atoms with E-state index in [1.807, 2.05) is 21.6 Å². The van der Waals surface area contributed by atoms with Gasteiger partial charge in [-0.05, 0) is 115 Å². The van der Waals surface area contributed by atoms with Crippen LogP contribution < -0.4 is 0 Å². The molecule has 4 aliphatic carbocycles. The molecule has 0 heterocycles. The zero-order valence-electron chi connectivity index (χ0n) is 24.2. The molecule has 0 bridgehead atoms. The summed E-state index contributed by atoms with van der Waals surface area (Å²) in [6.07, 6.45) is 0. The van der Waals surface area contributed by atoms with Crippen LogP contribution in [-0.2, 0) is 21.7 Å². The lowest BCUT2D eigenvalue weighted by Crippen LogP contribution is -2.21. The van der Waals surface area contributed by atoms with Crippen LogP contribution in [0.15, 0.2) is 67.3 Å². The number of halogens is 2. The van der Waals surface area contributed by atoms with E-state index in [9.17, 15) is 0 Å². The van der Waals surface area contributed by atoms with Crippen molar-refractivity contribution in [3.05, 3.63) is 102 Å². The van der Waals surface area contributed by atoms with E-state index in [-0.39, 0.29) is 21.7 Å². The van der Waals surface area contributed by atoms with Crippen LogP contribution in [0, 0.1) is 0 Å². The molecule has 0 saturated heterocycles. The smallest absolute Gasteiger partial charge is 0.0192 e. The molecule has 0 fully saturated rings. The molecule has 40 heavy (non-hydrogen) atoms. The summed E-state index contributed by atoms with van der Waals surface area (Å²) in [6, 6.07) is 19.3. The molecule has 0 spiro atoms. The van der Waals surface area contributed by atoms with Crippen molar-refractivity contribution in [1.82, 2.24) is 0 Å². The van der Waals surface area contributed by atoms with Gasteiger partial charge in [0.2, 0.25) is 0 Å². The molecule has 4 heteroatoms.